The zero-order valence-electron chi connectivity index (χ0n) is 14.5. The van der Waals surface area contributed by atoms with Crippen LogP contribution in [-0.2, 0) is 4.74 Å². The Labute approximate surface area is 154 Å². The second-order valence-corrected chi connectivity index (χ2v) is 6.43. The molecule has 1 saturated heterocycles. The molecule has 5 rings (SSSR count). The SMILES string of the molecule is CC1CN(c2ccn3ncc(-c4ccc(-c5ncc[nH]5)cc4)c3n2)C(=O)O1. The molecule has 1 atom stereocenters. The van der Waals surface area contributed by atoms with Crippen molar-refractivity contribution >= 4 is 17.6 Å². The van der Waals surface area contributed by atoms with Crippen molar-refractivity contribution in [2.45, 2.75) is 13.0 Å². The number of anilines is 1. The van der Waals surface area contributed by atoms with Crippen LogP contribution >= 0.6 is 0 Å². The van der Waals surface area contributed by atoms with Gasteiger partial charge in [-0.15, -0.1) is 0 Å². The van der Waals surface area contributed by atoms with Crippen LogP contribution in [0.25, 0.3) is 28.2 Å². The molecule has 27 heavy (non-hydrogen) atoms. The number of carbonyl (C=O) groups excluding carboxylic acids is 1. The number of carbonyl (C=O) groups is 1. The number of nitrogens with zero attached hydrogens (tertiary/aromatic N) is 5. The third-order valence-corrected chi connectivity index (χ3v) is 4.56. The normalized spacial score (nSPS) is 16.9. The van der Waals surface area contributed by atoms with E-state index in [0.717, 1.165) is 22.5 Å². The van der Waals surface area contributed by atoms with Crippen molar-refractivity contribution in [3.8, 4) is 22.5 Å². The highest BCUT2D eigenvalue weighted by molar-refractivity contribution is 5.89. The van der Waals surface area contributed by atoms with Crippen molar-refractivity contribution in [1.82, 2.24) is 24.6 Å². The van der Waals surface area contributed by atoms with Gasteiger partial charge < -0.3 is 9.72 Å². The minimum Gasteiger partial charge on any atom is -0.444 e. The molecule has 0 bridgehead atoms. The van der Waals surface area contributed by atoms with Crippen LogP contribution in [0.3, 0.4) is 0 Å². The maximum absolute atomic E-state index is 12.0. The highest BCUT2D eigenvalue weighted by atomic mass is 16.6. The van der Waals surface area contributed by atoms with E-state index < -0.39 is 0 Å². The molecule has 0 aliphatic carbocycles. The van der Waals surface area contributed by atoms with E-state index in [0.29, 0.717) is 18.0 Å². The number of imidazole rings is 1. The van der Waals surface area contributed by atoms with Gasteiger partial charge in [-0.05, 0) is 18.6 Å². The van der Waals surface area contributed by atoms with Gasteiger partial charge in [-0.25, -0.2) is 19.3 Å². The summed E-state index contributed by atoms with van der Waals surface area (Å²) < 4.78 is 6.90. The first-order valence-electron chi connectivity index (χ1n) is 8.62. The molecule has 0 spiro atoms. The summed E-state index contributed by atoms with van der Waals surface area (Å²) in [4.78, 5) is 25.6. The average Bonchev–Trinajstić information content (AvgIpc) is 3.41. The number of cyclic esters (lactones) is 1. The highest BCUT2D eigenvalue weighted by Gasteiger charge is 2.30. The summed E-state index contributed by atoms with van der Waals surface area (Å²) in [5.74, 6) is 1.38. The van der Waals surface area contributed by atoms with Crippen LogP contribution in [0, 0.1) is 0 Å². The number of aromatic amines is 1. The predicted octanol–water partition coefficient (Wildman–Crippen LogP) is 3.13. The predicted molar refractivity (Wildman–Crippen MR) is 99.3 cm³/mol. The van der Waals surface area contributed by atoms with Crippen molar-refractivity contribution in [3.05, 3.63) is 55.1 Å². The Morgan fingerprint density at radius 2 is 2.00 bits per heavy atom. The van der Waals surface area contributed by atoms with Gasteiger partial charge in [0.05, 0.1) is 12.7 Å². The van der Waals surface area contributed by atoms with E-state index in [1.807, 2.05) is 31.2 Å². The second kappa shape index (κ2) is 5.94. The van der Waals surface area contributed by atoms with Gasteiger partial charge in [-0.1, -0.05) is 24.3 Å². The number of aromatic nitrogens is 5. The van der Waals surface area contributed by atoms with E-state index >= 15 is 0 Å². The summed E-state index contributed by atoms with van der Waals surface area (Å²) in [6.45, 7) is 2.35. The standard InChI is InChI=1S/C19H16N6O2/c1-12-11-24(19(26)27-12)16-6-9-25-18(23-16)15(10-22-25)13-2-4-14(5-3-13)17-20-7-8-21-17/h2-10,12H,11H2,1H3,(H,20,21). The molecule has 0 radical (unpaired) electrons. The minimum atomic E-state index is -0.372. The first-order valence-corrected chi connectivity index (χ1v) is 8.62. The fourth-order valence-electron chi connectivity index (χ4n) is 3.24. The smallest absolute Gasteiger partial charge is 0.415 e. The maximum Gasteiger partial charge on any atom is 0.415 e. The number of amides is 1. The van der Waals surface area contributed by atoms with E-state index in [1.165, 1.54) is 0 Å². The van der Waals surface area contributed by atoms with E-state index in [1.54, 1.807) is 40.3 Å². The molecule has 1 unspecified atom stereocenters. The number of fused-ring (bicyclic) bond motifs is 1. The molecule has 3 aromatic heterocycles. The Morgan fingerprint density at radius 1 is 1.19 bits per heavy atom. The van der Waals surface area contributed by atoms with Crippen LogP contribution in [0.5, 0.6) is 0 Å². The van der Waals surface area contributed by atoms with E-state index in [4.69, 9.17) is 4.74 Å². The molecule has 1 fully saturated rings. The van der Waals surface area contributed by atoms with E-state index in [-0.39, 0.29) is 12.2 Å². The number of nitrogens with one attached hydrogen (secondary N) is 1. The molecule has 1 aliphatic heterocycles. The molecule has 8 nitrogen and oxygen atoms in total. The fraction of sp³-hybridized carbons (Fsp3) is 0.158. The van der Waals surface area contributed by atoms with E-state index in [9.17, 15) is 4.79 Å². The largest absolute Gasteiger partial charge is 0.444 e. The van der Waals surface area contributed by atoms with Gasteiger partial charge in [-0.2, -0.15) is 5.10 Å². The van der Waals surface area contributed by atoms with Crippen LogP contribution in [-0.4, -0.2) is 43.3 Å². The Hall–Kier alpha value is -3.68. The maximum atomic E-state index is 12.0. The topological polar surface area (TPSA) is 88.4 Å². The van der Waals surface area contributed by atoms with Gasteiger partial charge >= 0.3 is 6.09 Å². The Morgan fingerprint density at radius 3 is 2.70 bits per heavy atom. The Bertz CT molecular complexity index is 1120. The summed E-state index contributed by atoms with van der Waals surface area (Å²) >= 11 is 0. The quantitative estimate of drug-likeness (QED) is 0.606. The zero-order chi connectivity index (χ0) is 18.4. The second-order valence-electron chi connectivity index (χ2n) is 6.43. The van der Waals surface area contributed by atoms with Gasteiger partial charge in [-0.3, -0.25) is 4.90 Å². The lowest BCUT2D eigenvalue weighted by Gasteiger charge is -2.11. The number of benzene rings is 1. The number of ether oxygens (including phenoxy) is 1. The van der Waals surface area contributed by atoms with Crippen LogP contribution < -0.4 is 4.90 Å². The zero-order valence-corrected chi connectivity index (χ0v) is 14.5. The first kappa shape index (κ1) is 15.6. The number of hydrogen-bond acceptors (Lipinski definition) is 5. The Kier molecular flexibility index (Phi) is 3.43. The molecular formula is C19H16N6O2. The number of H-pyrrole nitrogens is 1. The average molecular weight is 360 g/mol. The lowest BCUT2D eigenvalue weighted by Crippen LogP contribution is -2.25. The molecule has 4 aromatic rings. The fourth-order valence-corrected chi connectivity index (χ4v) is 3.24. The van der Waals surface area contributed by atoms with Crippen molar-refractivity contribution in [2.24, 2.45) is 0 Å². The summed E-state index contributed by atoms with van der Waals surface area (Å²) in [5, 5.41) is 4.37. The molecule has 1 aliphatic rings. The van der Waals surface area contributed by atoms with Gasteiger partial charge in [0.2, 0.25) is 0 Å². The molecule has 8 heteroatoms. The van der Waals surface area contributed by atoms with Gasteiger partial charge in [0.25, 0.3) is 0 Å². The molecule has 1 amide bonds. The summed E-state index contributed by atoms with van der Waals surface area (Å²) in [7, 11) is 0. The lowest BCUT2D eigenvalue weighted by molar-refractivity contribution is 0.150. The molecule has 0 saturated carbocycles. The van der Waals surface area contributed by atoms with Crippen molar-refractivity contribution < 1.29 is 9.53 Å². The summed E-state index contributed by atoms with van der Waals surface area (Å²) in [5.41, 5.74) is 3.57. The molecule has 1 aromatic carbocycles. The number of rotatable bonds is 3. The monoisotopic (exact) mass is 360 g/mol. The Balaban J connectivity index is 1.53. The van der Waals surface area contributed by atoms with Crippen molar-refractivity contribution in [2.75, 3.05) is 11.4 Å². The van der Waals surface area contributed by atoms with Gasteiger partial charge in [0.1, 0.15) is 17.7 Å². The van der Waals surface area contributed by atoms with Crippen LogP contribution in [0.15, 0.2) is 55.1 Å². The third kappa shape index (κ3) is 2.62. The third-order valence-electron chi connectivity index (χ3n) is 4.56. The van der Waals surface area contributed by atoms with Crippen molar-refractivity contribution in [1.29, 1.82) is 0 Å². The van der Waals surface area contributed by atoms with Crippen LogP contribution in [0.4, 0.5) is 10.6 Å². The summed E-state index contributed by atoms with van der Waals surface area (Å²) in [6, 6.07) is 9.79. The molecule has 134 valence electrons. The van der Waals surface area contributed by atoms with Crippen LogP contribution in [0.1, 0.15) is 6.92 Å². The number of hydrogen-bond donors (Lipinski definition) is 1. The van der Waals surface area contributed by atoms with Crippen LogP contribution in [0.2, 0.25) is 0 Å². The van der Waals surface area contributed by atoms with Gasteiger partial charge in [0, 0.05) is 29.7 Å². The van der Waals surface area contributed by atoms with E-state index in [2.05, 4.69) is 20.1 Å². The highest BCUT2D eigenvalue weighted by Crippen LogP contribution is 2.28. The first-order chi connectivity index (χ1) is 13.2. The minimum absolute atomic E-state index is 0.144. The molecule has 1 N–H and O–H groups in total. The summed E-state index contributed by atoms with van der Waals surface area (Å²) in [6.07, 6.45) is 6.58. The lowest BCUT2D eigenvalue weighted by atomic mass is 10.1. The molecule has 4 heterocycles. The molecular weight excluding hydrogens is 344 g/mol. The van der Waals surface area contributed by atoms with Crippen molar-refractivity contribution in [3.63, 3.8) is 0 Å². The van der Waals surface area contributed by atoms with Gasteiger partial charge in [0.15, 0.2) is 5.65 Å².